The van der Waals surface area contributed by atoms with Crippen molar-refractivity contribution >= 4 is 36.1 Å². The van der Waals surface area contributed by atoms with Crippen LogP contribution in [-0.2, 0) is 14.4 Å². The number of rotatable bonds is 5. The molecule has 7 atom stereocenters. The number of aliphatic hydroxyl groups is 1. The minimum absolute atomic E-state index is 0.0176. The number of carbonyl (C=O) groups excluding carboxylic acids is 2. The maximum atomic E-state index is 14.0. The third-order valence-corrected chi connectivity index (χ3v) is 8.08. The first kappa shape index (κ1) is 22.3. The minimum Gasteiger partial charge on any atom is -0.477 e. The zero-order chi connectivity index (χ0) is 22.9. The summed E-state index contributed by atoms with van der Waals surface area (Å²) in [5.41, 5.74) is -2.45. The van der Waals surface area contributed by atoms with Crippen LogP contribution in [0.25, 0.3) is 0 Å². The standard InChI is InChI=1S/C21H30N4O5S/c1-10-6-15(17(27)28)25-16(10)21(12(3)26,19(25)30)20(7-14(31)8-23-20)18(29)24-5-4-13(9-24)11(2)22/h6,10,12-14,16,22-23,26,31H,4-5,7-9H2,1-3H3,(H,27,28)/t10-,12-,13-,14+,16+,20+,21-/m1/s1. The maximum Gasteiger partial charge on any atom is 0.352 e. The summed E-state index contributed by atoms with van der Waals surface area (Å²) in [6, 6.07) is -0.635. The Bertz CT molecular complexity index is 891. The Kier molecular flexibility index (Phi) is 5.26. The SMILES string of the molecule is CC(=N)[C@@H]1CCN(C(=O)[C@]2([C@@]3([C@@H](C)O)C(=O)N4C(C(=O)O)=C[C@@H](C)[C@H]43)C[C@H](S)CN2)C1. The molecule has 4 rings (SSSR count). The van der Waals surface area contributed by atoms with Crippen LogP contribution < -0.4 is 5.32 Å². The van der Waals surface area contributed by atoms with Crippen LogP contribution in [0.4, 0.5) is 0 Å². The highest BCUT2D eigenvalue weighted by Crippen LogP contribution is 2.60. The number of carbonyl (C=O) groups is 3. The number of thiol groups is 1. The van der Waals surface area contributed by atoms with Crippen molar-refractivity contribution in [2.75, 3.05) is 19.6 Å². The third kappa shape index (κ3) is 2.77. The molecule has 0 aliphatic carbocycles. The van der Waals surface area contributed by atoms with Crippen molar-refractivity contribution in [3.05, 3.63) is 11.8 Å². The Morgan fingerprint density at radius 3 is 2.58 bits per heavy atom. The Balaban J connectivity index is 1.78. The van der Waals surface area contributed by atoms with Gasteiger partial charge < -0.3 is 30.7 Å². The van der Waals surface area contributed by atoms with Crippen molar-refractivity contribution < 1.29 is 24.6 Å². The number of aliphatic carboxylic acids is 1. The van der Waals surface area contributed by atoms with Gasteiger partial charge in [-0.15, -0.1) is 0 Å². The van der Waals surface area contributed by atoms with Gasteiger partial charge in [0.1, 0.15) is 16.7 Å². The molecule has 4 aliphatic heterocycles. The molecule has 3 fully saturated rings. The number of fused-ring (bicyclic) bond motifs is 1. The molecule has 31 heavy (non-hydrogen) atoms. The summed E-state index contributed by atoms with van der Waals surface area (Å²) in [7, 11) is 0. The van der Waals surface area contributed by atoms with Crippen LogP contribution in [-0.4, -0.2) is 86.1 Å². The number of hydrogen-bond acceptors (Lipinski definition) is 7. The fourth-order valence-corrected chi connectivity index (χ4v) is 6.69. The van der Waals surface area contributed by atoms with Gasteiger partial charge in [0.2, 0.25) is 11.8 Å². The number of nitrogens with zero attached hydrogens (tertiary/aromatic N) is 2. The molecule has 0 aromatic carbocycles. The summed E-state index contributed by atoms with van der Waals surface area (Å²) < 4.78 is 0. The summed E-state index contributed by atoms with van der Waals surface area (Å²) in [4.78, 5) is 42.3. The molecular weight excluding hydrogens is 420 g/mol. The first-order chi connectivity index (χ1) is 14.5. The second-order valence-electron chi connectivity index (χ2n) is 9.45. The van der Waals surface area contributed by atoms with Crippen LogP contribution in [0.1, 0.15) is 33.6 Å². The van der Waals surface area contributed by atoms with Crippen molar-refractivity contribution in [3.8, 4) is 0 Å². The predicted molar refractivity (Wildman–Crippen MR) is 116 cm³/mol. The first-order valence-corrected chi connectivity index (χ1v) is 11.2. The second kappa shape index (κ2) is 7.31. The molecule has 2 amide bonds. The Labute approximate surface area is 186 Å². The molecule has 0 aromatic rings. The van der Waals surface area contributed by atoms with Gasteiger partial charge in [-0.1, -0.05) is 6.92 Å². The maximum absolute atomic E-state index is 14.0. The van der Waals surface area contributed by atoms with Crippen LogP contribution in [0, 0.1) is 22.7 Å². The molecule has 0 bridgehead atoms. The molecule has 0 aromatic heterocycles. The molecular formula is C21H30N4O5S. The molecule has 10 heteroatoms. The van der Waals surface area contributed by atoms with E-state index >= 15 is 0 Å². The Morgan fingerprint density at radius 2 is 2.10 bits per heavy atom. The van der Waals surface area contributed by atoms with E-state index in [0.29, 0.717) is 31.8 Å². The molecule has 0 radical (unpaired) electrons. The van der Waals surface area contributed by atoms with Gasteiger partial charge in [0.25, 0.3) is 0 Å². The molecule has 4 aliphatic rings. The lowest BCUT2D eigenvalue weighted by Crippen LogP contribution is -2.84. The summed E-state index contributed by atoms with van der Waals surface area (Å²) >= 11 is 4.57. The fourth-order valence-electron chi connectivity index (χ4n) is 6.32. The monoisotopic (exact) mass is 450 g/mol. The largest absolute Gasteiger partial charge is 0.477 e. The van der Waals surface area contributed by atoms with E-state index in [-0.39, 0.29) is 35.1 Å². The average Bonchev–Trinajstić information content (AvgIpc) is 3.38. The van der Waals surface area contributed by atoms with Crippen LogP contribution in [0.5, 0.6) is 0 Å². The third-order valence-electron chi connectivity index (χ3n) is 7.71. The van der Waals surface area contributed by atoms with Crippen LogP contribution in [0.2, 0.25) is 0 Å². The first-order valence-electron chi connectivity index (χ1n) is 10.7. The molecule has 9 nitrogen and oxygen atoms in total. The highest BCUT2D eigenvalue weighted by Gasteiger charge is 2.79. The van der Waals surface area contributed by atoms with Gasteiger partial charge in [-0.2, -0.15) is 12.6 Å². The smallest absolute Gasteiger partial charge is 0.352 e. The zero-order valence-corrected chi connectivity index (χ0v) is 18.9. The van der Waals surface area contributed by atoms with E-state index in [2.05, 4.69) is 17.9 Å². The van der Waals surface area contributed by atoms with E-state index in [1.165, 1.54) is 17.9 Å². The van der Waals surface area contributed by atoms with Crippen molar-refractivity contribution in [3.63, 3.8) is 0 Å². The number of carboxylic acid groups (broad SMARTS) is 1. The van der Waals surface area contributed by atoms with Gasteiger partial charge in [-0.3, -0.25) is 9.59 Å². The van der Waals surface area contributed by atoms with E-state index in [1.54, 1.807) is 11.8 Å². The van der Waals surface area contributed by atoms with E-state index in [1.807, 2.05) is 6.92 Å². The van der Waals surface area contributed by atoms with E-state index in [0.717, 1.165) is 0 Å². The summed E-state index contributed by atoms with van der Waals surface area (Å²) in [5, 5.41) is 31.6. The number of amides is 2. The number of aliphatic hydroxyl groups excluding tert-OH is 1. The molecule has 0 saturated carbocycles. The number of likely N-dealkylation sites (tertiary alicyclic amines) is 1. The Morgan fingerprint density at radius 1 is 1.42 bits per heavy atom. The molecule has 4 N–H and O–H groups in total. The second-order valence-corrected chi connectivity index (χ2v) is 10.2. The summed E-state index contributed by atoms with van der Waals surface area (Å²) in [6.07, 6.45) is 1.30. The lowest BCUT2D eigenvalue weighted by atomic mass is 9.52. The lowest BCUT2D eigenvalue weighted by Gasteiger charge is -2.63. The number of carboxylic acids is 1. The molecule has 0 unspecified atom stereocenters. The summed E-state index contributed by atoms with van der Waals surface area (Å²) in [5.74, 6) is -2.35. The normalized spacial score (nSPS) is 40.4. The van der Waals surface area contributed by atoms with Crippen molar-refractivity contribution in [1.82, 2.24) is 15.1 Å². The van der Waals surface area contributed by atoms with Crippen LogP contribution in [0.15, 0.2) is 11.8 Å². The molecule has 4 heterocycles. The van der Waals surface area contributed by atoms with Crippen molar-refractivity contribution in [1.29, 1.82) is 5.41 Å². The number of hydrogen-bond donors (Lipinski definition) is 5. The quantitative estimate of drug-likeness (QED) is 0.229. The van der Waals surface area contributed by atoms with Gasteiger partial charge in [0.05, 0.1) is 12.1 Å². The molecule has 170 valence electrons. The average molecular weight is 451 g/mol. The van der Waals surface area contributed by atoms with E-state index < -0.39 is 35.0 Å². The van der Waals surface area contributed by atoms with Crippen molar-refractivity contribution in [2.24, 2.45) is 17.3 Å². The molecule has 0 spiro atoms. The molecule has 3 saturated heterocycles. The number of β-lactam (4-membered cyclic amide) rings is 1. The topological polar surface area (TPSA) is 134 Å². The fraction of sp³-hybridized carbons (Fsp3) is 0.714. The number of nitrogens with one attached hydrogen (secondary N) is 2. The summed E-state index contributed by atoms with van der Waals surface area (Å²) in [6.45, 7) is 6.34. The highest BCUT2D eigenvalue weighted by molar-refractivity contribution is 7.81. The zero-order valence-electron chi connectivity index (χ0n) is 18.0. The Hall–Kier alpha value is -1.91. The van der Waals surface area contributed by atoms with Gasteiger partial charge in [0, 0.05) is 36.5 Å². The van der Waals surface area contributed by atoms with Gasteiger partial charge >= 0.3 is 5.97 Å². The van der Waals surface area contributed by atoms with Gasteiger partial charge in [-0.05, 0) is 38.7 Å². The predicted octanol–water partition coefficient (Wildman–Crippen LogP) is 0.101. The van der Waals surface area contributed by atoms with Crippen molar-refractivity contribution in [2.45, 2.75) is 56.5 Å². The minimum atomic E-state index is -1.49. The van der Waals surface area contributed by atoms with E-state index in [9.17, 15) is 24.6 Å². The van der Waals surface area contributed by atoms with Crippen LogP contribution >= 0.6 is 12.6 Å². The highest BCUT2D eigenvalue weighted by atomic mass is 32.1. The lowest BCUT2D eigenvalue weighted by molar-refractivity contribution is -0.204. The van der Waals surface area contributed by atoms with Gasteiger partial charge in [-0.25, -0.2) is 4.79 Å². The van der Waals surface area contributed by atoms with Gasteiger partial charge in [0.15, 0.2) is 0 Å². The van der Waals surface area contributed by atoms with Crippen LogP contribution in [0.3, 0.4) is 0 Å². The van der Waals surface area contributed by atoms with E-state index in [4.69, 9.17) is 5.41 Å².